The second-order valence-electron chi connectivity index (χ2n) is 5.77. The molecule has 0 aliphatic heterocycles. The van der Waals surface area contributed by atoms with E-state index in [2.05, 4.69) is 19.2 Å². The van der Waals surface area contributed by atoms with Crippen molar-refractivity contribution >= 4 is 0 Å². The third-order valence-electron chi connectivity index (χ3n) is 4.56. The van der Waals surface area contributed by atoms with Crippen LogP contribution in [0.5, 0.6) is 0 Å². The molecule has 0 aromatic rings. The maximum Gasteiger partial charge on any atom is 0.00925 e. The average Bonchev–Trinajstić information content (AvgIpc) is 2.73. The van der Waals surface area contributed by atoms with Gasteiger partial charge in [0.25, 0.3) is 0 Å². The van der Waals surface area contributed by atoms with Gasteiger partial charge in [-0.2, -0.15) is 0 Å². The van der Waals surface area contributed by atoms with Crippen LogP contribution in [0.25, 0.3) is 0 Å². The van der Waals surface area contributed by atoms with Crippen molar-refractivity contribution in [3.8, 4) is 0 Å². The maximum absolute atomic E-state index is 3.71. The smallest absolute Gasteiger partial charge is 0.00925 e. The molecule has 0 heterocycles. The van der Waals surface area contributed by atoms with Gasteiger partial charge in [-0.25, -0.2) is 0 Å². The monoisotopic (exact) mass is 195 g/mol. The lowest BCUT2D eigenvalue weighted by atomic mass is 9.99. The van der Waals surface area contributed by atoms with Gasteiger partial charge in [-0.3, -0.25) is 0 Å². The van der Waals surface area contributed by atoms with Gasteiger partial charge in [0.15, 0.2) is 0 Å². The molecule has 1 N–H and O–H groups in total. The molecule has 82 valence electrons. The molecule has 0 spiro atoms. The van der Waals surface area contributed by atoms with Gasteiger partial charge in [0, 0.05) is 6.04 Å². The van der Waals surface area contributed by atoms with Crippen molar-refractivity contribution in [1.82, 2.24) is 5.32 Å². The van der Waals surface area contributed by atoms with E-state index in [-0.39, 0.29) is 0 Å². The Kier molecular flexibility index (Phi) is 3.16. The van der Waals surface area contributed by atoms with Crippen LogP contribution in [0.4, 0.5) is 0 Å². The molecule has 0 aromatic heterocycles. The van der Waals surface area contributed by atoms with Crippen molar-refractivity contribution in [2.24, 2.45) is 11.3 Å². The number of hydrogen-bond acceptors (Lipinski definition) is 1. The molecule has 14 heavy (non-hydrogen) atoms. The predicted octanol–water partition coefficient (Wildman–Crippen LogP) is 3.34. The Balaban J connectivity index is 1.58. The summed E-state index contributed by atoms with van der Waals surface area (Å²) >= 11 is 0. The summed E-state index contributed by atoms with van der Waals surface area (Å²) in [6, 6.07) is 0.740. The zero-order valence-electron chi connectivity index (χ0n) is 9.81. The minimum absolute atomic E-state index is 0.648. The second-order valence-corrected chi connectivity index (χ2v) is 5.77. The van der Waals surface area contributed by atoms with E-state index in [9.17, 15) is 0 Å². The van der Waals surface area contributed by atoms with Crippen LogP contribution in [-0.4, -0.2) is 12.6 Å². The summed E-state index contributed by atoms with van der Waals surface area (Å²) in [5.74, 6) is 1.04. The van der Waals surface area contributed by atoms with Crippen LogP contribution in [0, 0.1) is 11.3 Å². The van der Waals surface area contributed by atoms with E-state index in [0.29, 0.717) is 5.41 Å². The molecule has 1 unspecified atom stereocenters. The van der Waals surface area contributed by atoms with Gasteiger partial charge in [0.05, 0.1) is 0 Å². The van der Waals surface area contributed by atoms with Crippen molar-refractivity contribution in [2.75, 3.05) is 6.54 Å². The summed E-state index contributed by atoms with van der Waals surface area (Å²) in [5.41, 5.74) is 0.648. The molecule has 0 amide bonds. The molecule has 2 fully saturated rings. The van der Waals surface area contributed by atoms with Crippen LogP contribution in [0.15, 0.2) is 0 Å². The summed E-state index contributed by atoms with van der Waals surface area (Å²) in [4.78, 5) is 0. The van der Waals surface area contributed by atoms with Crippen molar-refractivity contribution in [3.63, 3.8) is 0 Å². The molecule has 1 atom stereocenters. The Labute approximate surface area is 88.7 Å². The quantitative estimate of drug-likeness (QED) is 0.709. The summed E-state index contributed by atoms with van der Waals surface area (Å²) < 4.78 is 0. The Hall–Kier alpha value is -0.0400. The van der Waals surface area contributed by atoms with Gasteiger partial charge in [-0.15, -0.1) is 0 Å². The average molecular weight is 195 g/mol. The molecule has 2 aliphatic carbocycles. The van der Waals surface area contributed by atoms with Gasteiger partial charge >= 0.3 is 0 Å². The van der Waals surface area contributed by atoms with E-state index in [4.69, 9.17) is 0 Å². The standard InChI is InChI=1S/C13H25N/c1-11(13(2)8-9-13)14-10-7-12-5-3-4-6-12/h11-12,14H,3-10H2,1-2H3. The van der Waals surface area contributed by atoms with E-state index in [0.717, 1.165) is 12.0 Å². The molecule has 0 saturated heterocycles. The fraction of sp³-hybridized carbons (Fsp3) is 1.00. The first-order chi connectivity index (χ1) is 6.71. The zero-order valence-corrected chi connectivity index (χ0v) is 9.81. The molecule has 2 aliphatic rings. The molecule has 0 aromatic carbocycles. The lowest BCUT2D eigenvalue weighted by Gasteiger charge is -2.21. The first kappa shape index (κ1) is 10.5. The lowest BCUT2D eigenvalue weighted by molar-refractivity contribution is 0.361. The van der Waals surface area contributed by atoms with Crippen LogP contribution in [0.2, 0.25) is 0 Å². The van der Waals surface area contributed by atoms with Crippen molar-refractivity contribution in [2.45, 2.75) is 64.8 Å². The molecule has 0 radical (unpaired) electrons. The molecule has 1 nitrogen and oxygen atoms in total. The topological polar surface area (TPSA) is 12.0 Å². The Bertz CT molecular complexity index is 178. The molecular weight excluding hydrogens is 170 g/mol. The van der Waals surface area contributed by atoms with Gasteiger partial charge in [0.2, 0.25) is 0 Å². The number of rotatable bonds is 5. The predicted molar refractivity (Wildman–Crippen MR) is 61.4 cm³/mol. The highest BCUT2D eigenvalue weighted by molar-refractivity contribution is 4.96. The third-order valence-corrected chi connectivity index (χ3v) is 4.56. The zero-order chi connectivity index (χ0) is 10.0. The SMILES string of the molecule is CC(NCCC1CCCC1)C1(C)CC1. The van der Waals surface area contributed by atoms with E-state index in [1.807, 2.05) is 0 Å². The Morgan fingerprint density at radius 2 is 1.93 bits per heavy atom. The second kappa shape index (κ2) is 4.22. The highest BCUT2D eigenvalue weighted by Gasteiger charge is 2.42. The maximum atomic E-state index is 3.71. The van der Waals surface area contributed by atoms with E-state index in [1.54, 1.807) is 0 Å². The molecule has 0 bridgehead atoms. The lowest BCUT2D eigenvalue weighted by Crippen LogP contribution is -2.34. The summed E-state index contributed by atoms with van der Waals surface area (Å²) in [6.07, 6.45) is 10.2. The highest BCUT2D eigenvalue weighted by Crippen LogP contribution is 2.47. The van der Waals surface area contributed by atoms with Crippen LogP contribution < -0.4 is 5.32 Å². The van der Waals surface area contributed by atoms with Crippen LogP contribution >= 0.6 is 0 Å². The van der Waals surface area contributed by atoms with Crippen LogP contribution in [0.3, 0.4) is 0 Å². The molecule has 2 saturated carbocycles. The highest BCUT2D eigenvalue weighted by atomic mass is 14.9. The van der Waals surface area contributed by atoms with Crippen LogP contribution in [0.1, 0.15) is 58.8 Å². The molecular formula is C13H25N. The van der Waals surface area contributed by atoms with Gasteiger partial charge in [-0.1, -0.05) is 32.6 Å². The number of nitrogens with one attached hydrogen (secondary N) is 1. The fourth-order valence-electron chi connectivity index (χ4n) is 2.68. The minimum Gasteiger partial charge on any atom is -0.314 e. The summed E-state index contributed by atoms with van der Waals surface area (Å²) in [5, 5.41) is 3.71. The van der Waals surface area contributed by atoms with Crippen molar-refractivity contribution in [1.29, 1.82) is 0 Å². The first-order valence-corrected chi connectivity index (χ1v) is 6.44. The Morgan fingerprint density at radius 1 is 1.29 bits per heavy atom. The van der Waals surface area contributed by atoms with E-state index < -0.39 is 0 Å². The molecule has 1 heteroatoms. The fourth-order valence-corrected chi connectivity index (χ4v) is 2.68. The number of hydrogen-bond donors (Lipinski definition) is 1. The minimum atomic E-state index is 0.648. The Morgan fingerprint density at radius 3 is 2.50 bits per heavy atom. The van der Waals surface area contributed by atoms with Gasteiger partial charge in [0.1, 0.15) is 0 Å². The van der Waals surface area contributed by atoms with E-state index >= 15 is 0 Å². The van der Waals surface area contributed by atoms with E-state index in [1.165, 1.54) is 51.5 Å². The van der Waals surface area contributed by atoms with Crippen molar-refractivity contribution in [3.05, 3.63) is 0 Å². The largest absolute Gasteiger partial charge is 0.314 e. The van der Waals surface area contributed by atoms with Gasteiger partial charge in [-0.05, 0) is 44.1 Å². The molecule has 2 rings (SSSR count). The normalized spacial score (nSPS) is 27.9. The van der Waals surface area contributed by atoms with Gasteiger partial charge < -0.3 is 5.32 Å². The van der Waals surface area contributed by atoms with Crippen molar-refractivity contribution < 1.29 is 0 Å². The first-order valence-electron chi connectivity index (χ1n) is 6.44. The van der Waals surface area contributed by atoms with Crippen LogP contribution in [-0.2, 0) is 0 Å². The summed E-state index contributed by atoms with van der Waals surface area (Å²) in [7, 11) is 0. The third kappa shape index (κ3) is 2.50. The summed E-state index contributed by atoms with van der Waals surface area (Å²) in [6.45, 7) is 6.03.